The smallest absolute Gasteiger partial charge is 0.243 e. The number of carbonyl (C=O) groups excluding carboxylic acids is 1. The lowest BCUT2D eigenvalue weighted by Crippen LogP contribution is -2.53. The molecule has 8 nitrogen and oxygen atoms in total. The molecular formula is C21H31N3O5S. The topological polar surface area (TPSA) is 79.4 Å². The molecule has 0 saturated carbocycles. The average molecular weight is 438 g/mol. The fraction of sp³-hybridized carbons (Fsp3) is 0.667. The van der Waals surface area contributed by atoms with Gasteiger partial charge in [0.05, 0.1) is 24.7 Å². The van der Waals surface area contributed by atoms with Gasteiger partial charge in [-0.2, -0.15) is 4.31 Å². The Labute approximate surface area is 178 Å². The SMILES string of the molecule is CC1CCCCN1CC(=O)N1CCN(S(=O)(=O)c2ccc3c(c2)OCCCO3)CC1. The molecule has 9 heteroatoms. The van der Waals surface area contributed by atoms with E-state index in [2.05, 4.69) is 11.8 Å². The van der Waals surface area contributed by atoms with Gasteiger partial charge in [0, 0.05) is 44.7 Å². The number of fused-ring (bicyclic) bond motifs is 1. The van der Waals surface area contributed by atoms with E-state index in [4.69, 9.17) is 9.47 Å². The Bertz CT molecular complexity index is 867. The molecular weight excluding hydrogens is 406 g/mol. The second-order valence-electron chi connectivity index (χ2n) is 8.26. The Morgan fingerprint density at radius 1 is 1.00 bits per heavy atom. The summed E-state index contributed by atoms with van der Waals surface area (Å²) >= 11 is 0. The van der Waals surface area contributed by atoms with Crippen molar-refractivity contribution in [3.8, 4) is 11.5 Å². The van der Waals surface area contributed by atoms with Crippen molar-refractivity contribution in [3.05, 3.63) is 18.2 Å². The van der Waals surface area contributed by atoms with Crippen molar-refractivity contribution in [1.29, 1.82) is 0 Å². The molecule has 3 aliphatic heterocycles. The van der Waals surface area contributed by atoms with Crippen LogP contribution in [0, 0.1) is 0 Å². The Hall–Kier alpha value is -1.84. The number of nitrogens with zero attached hydrogens (tertiary/aromatic N) is 3. The number of likely N-dealkylation sites (tertiary alicyclic amines) is 1. The lowest BCUT2D eigenvalue weighted by Gasteiger charge is -2.37. The standard InChI is InChI=1S/C21H31N3O5S/c1-17-5-2-3-8-23(17)16-21(25)22-9-11-24(12-10-22)30(26,27)18-6-7-19-20(15-18)29-14-4-13-28-19/h6-7,15,17H,2-5,8-14,16H2,1H3. The molecule has 1 unspecified atom stereocenters. The van der Waals surface area contributed by atoms with Crippen LogP contribution in [0.1, 0.15) is 32.6 Å². The highest BCUT2D eigenvalue weighted by atomic mass is 32.2. The molecule has 4 rings (SSSR count). The number of sulfonamides is 1. The fourth-order valence-corrected chi connectivity index (χ4v) is 5.74. The average Bonchev–Trinajstić information content (AvgIpc) is 3.00. The van der Waals surface area contributed by atoms with Crippen molar-refractivity contribution in [2.24, 2.45) is 0 Å². The first-order valence-corrected chi connectivity index (χ1v) is 12.3. The molecule has 1 aromatic rings. The quantitative estimate of drug-likeness (QED) is 0.711. The number of hydrogen-bond acceptors (Lipinski definition) is 6. The third kappa shape index (κ3) is 4.58. The summed E-state index contributed by atoms with van der Waals surface area (Å²) in [5, 5.41) is 0. The Balaban J connectivity index is 1.37. The maximum absolute atomic E-state index is 13.1. The van der Waals surface area contributed by atoms with Gasteiger partial charge in [-0.15, -0.1) is 0 Å². The van der Waals surface area contributed by atoms with Crippen LogP contribution >= 0.6 is 0 Å². The van der Waals surface area contributed by atoms with Crippen molar-refractivity contribution in [2.75, 3.05) is 52.5 Å². The molecule has 0 spiro atoms. The van der Waals surface area contributed by atoms with Crippen LogP contribution in [0.4, 0.5) is 0 Å². The van der Waals surface area contributed by atoms with E-state index < -0.39 is 10.0 Å². The molecule has 0 radical (unpaired) electrons. The van der Waals surface area contributed by atoms with Gasteiger partial charge in [-0.05, 0) is 38.4 Å². The molecule has 0 bridgehead atoms. The van der Waals surface area contributed by atoms with Gasteiger partial charge in [-0.3, -0.25) is 9.69 Å². The molecule has 0 aliphatic carbocycles. The minimum Gasteiger partial charge on any atom is -0.490 e. The van der Waals surface area contributed by atoms with E-state index in [0.29, 0.717) is 63.5 Å². The summed E-state index contributed by atoms with van der Waals surface area (Å²) in [5.74, 6) is 1.14. The molecule has 3 aliphatic rings. The second-order valence-corrected chi connectivity index (χ2v) is 10.2. The summed E-state index contributed by atoms with van der Waals surface area (Å²) in [6, 6.07) is 5.21. The summed E-state index contributed by atoms with van der Waals surface area (Å²) < 4.78 is 38.9. The largest absolute Gasteiger partial charge is 0.490 e. The highest BCUT2D eigenvalue weighted by Crippen LogP contribution is 2.33. The number of hydrogen-bond donors (Lipinski definition) is 0. The molecule has 3 heterocycles. The first kappa shape index (κ1) is 21.4. The van der Waals surface area contributed by atoms with Gasteiger partial charge in [-0.25, -0.2) is 8.42 Å². The van der Waals surface area contributed by atoms with Crippen LogP contribution < -0.4 is 9.47 Å². The molecule has 2 fully saturated rings. The zero-order chi connectivity index (χ0) is 21.1. The lowest BCUT2D eigenvalue weighted by atomic mass is 10.0. The van der Waals surface area contributed by atoms with E-state index >= 15 is 0 Å². The number of piperidine rings is 1. The van der Waals surface area contributed by atoms with Gasteiger partial charge in [-0.1, -0.05) is 6.42 Å². The lowest BCUT2D eigenvalue weighted by molar-refractivity contribution is -0.134. The Morgan fingerprint density at radius 3 is 2.47 bits per heavy atom. The predicted octanol–water partition coefficient (Wildman–Crippen LogP) is 1.56. The van der Waals surface area contributed by atoms with E-state index in [0.717, 1.165) is 25.8 Å². The van der Waals surface area contributed by atoms with Gasteiger partial charge >= 0.3 is 0 Å². The van der Waals surface area contributed by atoms with E-state index in [1.165, 1.54) is 10.7 Å². The summed E-state index contributed by atoms with van der Waals surface area (Å²) in [5.41, 5.74) is 0. The zero-order valence-corrected chi connectivity index (χ0v) is 18.4. The van der Waals surface area contributed by atoms with Crippen LogP contribution in [-0.4, -0.2) is 87.0 Å². The van der Waals surface area contributed by atoms with Crippen LogP contribution in [0.25, 0.3) is 0 Å². The van der Waals surface area contributed by atoms with Gasteiger partial charge in [0.1, 0.15) is 0 Å². The molecule has 1 aromatic carbocycles. The highest BCUT2D eigenvalue weighted by Gasteiger charge is 2.32. The van der Waals surface area contributed by atoms with Crippen molar-refractivity contribution in [2.45, 2.75) is 43.5 Å². The normalized spacial score (nSPS) is 23.8. The third-order valence-electron chi connectivity index (χ3n) is 6.23. The van der Waals surface area contributed by atoms with Gasteiger partial charge in [0.2, 0.25) is 15.9 Å². The summed E-state index contributed by atoms with van der Waals surface area (Å²) in [6.07, 6.45) is 4.26. The monoisotopic (exact) mass is 437 g/mol. The van der Waals surface area contributed by atoms with Crippen molar-refractivity contribution >= 4 is 15.9 Å². The van der Waals surface area contributed by atoms with Crippen LogP contribution in [-0.2, 0) is 14.8 Å². The molecule has 1 atom stereocenters. The van der Waals surface area contributed by atoms with E-state index in [1.807, 2.05) is 0 Å². The number of ether oxygens (including phenoxy) is 2. The van der Waals surface area contributed by atoms with Crippen LogP contribution in [0.3, 0.4) is 0 Å². The van der Waals surface area contributed by atoms with Gasteiger partial charge < -0.3 is 14.4 Å². The van der Waals surface area contributed by atoms with E-state index in [9.17, 15) is 13.2 Å². The first-order chi connectivity index (χ1) is 14.4. The van der Waals surface area contributed by atoms with Crippen LogP contribution in [0.2, 0.25) is 0 Å². The Morgan fingerprint density at radius 2 is 1.73 bits per heavy atom. The summed E-state index contributed by atoms with van der Waals surface area (Å²) in [6.45, 7) is 6.08. The molecule has 0 N–H and O–H groups in total. The third-order valence-corrected chi connectivity index (χ3v) is 8.12. The number of benzene rings is 1. The second kappa shape index (κ2) is 9.11. The summed E-state index contributed by atoms with van der Waals surface area (Å²) in [4.78, 5) is 17.0. The number of amides is 1. The number of carbonyl (C=O) groups is 1. The van der Waals surface area contributed by atoms with Crippen molar-refractivity contribution in [1.82, 2.24) is 14.1 Å². The Kier molecular flexibility index (Phi) is 6.50. The highest BCUT2D eigenvalue weighted by molar-refractivity contribution is 7.89. The zero-order valence-electron chi connectivity index (χ0n) is 17.6. The van der Waals surface area contributed by atoms with E-state index in [-0.39, 0.29) is 10.8 Å². The summed E-state index contributed by atoms with van der Waals surface area (Å²) in [7, 11) is -3.64. The predicted molar refractivity (Wildman–Crippen MR) is 112 cm³/mol. The molecule has 1 amide bonds. The maximum Gasteiger partial charge on any atom is 0.243 e. The number of piperazine rings is 1. The fourth-order valence-electron chi connectivity index (χ4n) is 4.30. The molecule has 30 heavy (non-hydrogen) atoms. The van der Waals surface area contributed by atoms with Gasteiger partial charge in [0.25, 0.3) is 0 Å². The minimum absolute atomic E-state index is 0.0939. The van der Waals surface area contributed by atoms with Crippen LogP contribution in [0.5, 0.6) is 11.5 Å². The number of rotatable bonds is 4. The van der Waals surface area contributed by atoms with Crippen molar-refractivity contribution < 1.29 is 22.7 Å². The molecule has 2 saturated heterocycles. The molecule has 166 valence electrons. The maximum atomic E-state index is 13.1. The van der Waals surface area contributed by atoms with E-state index in [1.54, 1.807) is 23.1 Å². The van der Waals surface area contributed by atoms with Crippen molar-refractivity contribution in [3.63, 3.8) is 0 Å². The van der Waals surface area contributed by atoms with Crippen LogP contribution in [0.15, 0.2) is 23.1 Å². The van der Waals surface area contributed by atoms with Gasteiger partial charge in [0.15, 0.2) is 11.5 Å². The minimum atomic E-state index is -3.64. The first-order valence-electron chi connectivity index (χ1n) is 10.9. The molecule has 0 aromatic heterocycles.